The van der Waals surface area contributed by atoms with Gasteiger partial charge in [-0.2, -0.15) is 0 Å². The molecule has 1 aliphatic carbocycles. The van der Waals surface area contributed by atoms with Gasteiger partial charge in [0.2, 0.25) is 5.12 Å². The van der Waals surface area contributed by atoms with Crippen molar-refractivity contribution in [2.45, 2.75) is 51.0 Å². The third-order valence-corrected chi connectivity index (χ3v) is 7.07. The zero-order valence-corrected chi connectivity index (χ0v) is 19.2. The number of rotatable bonds is 8. The smallest absolute Gasteiger partial charge is 0.201 e. The second-order valence-corrected chi connectivity index (χ2v) is 9.55. The third kappa shape index (κ3) is 6.26. The number of allylic oxidation sites excluding steroid dienone is 1. The second-order valence-electron chi connectivity index (χ2n) is 8.45. The van der Waals surface area contributed by atoms with Crippen LogP contribution in [0.2, 0.25) is 0 Å². The first kappa shape index (κ1) is 22.7. The largest absolute Gasteiger partial charge is 0.497 e. The molecule has 2 aliphatic rings. The second kappa shape index (κ2) is 10.9. The van der Waals surface area contributed by atoms with Gasteiger partial charge < -0.3 is 10.1 Å². The van der Waals surface area contributed by atoms with Crippen LogP contribution in [-0.2, 0) is 22.4 Å². The van der Waals surface area contributed by atoms with Crippen LogP contribution in [0.3, 0.4) is 0 Å². The van der Waals surface area contributed by atoms with Gasteiger partial charge in [0.05, 0.1) is 24.1 Å². The van der Waals surface area contributed by atoms with Crippen LogP contribution in [0.5, 0.6) is 5.75 Å². The highest BCUT2D eigenvalue weighted by Gasteiger charge is 2.26. The van der Waals surface area contributed by atoms with E-state index >= 15 is 0 Å². The zero-order chi connectivity index (χ0) is 22.3. The number of methoxy groups -OCH3 is 1. The fourth-order valence-corrected chi connectivity index (χ4v) is 5.13. The number of Topliss-reactive ketones (excluding diaryl/α,β-unsaturated/α-hetero) is 1. The first-order valence-corrected chi connectivity index (χ1v) is 12.0. The van der Waals surface area contributed by atoms with E-state index in [1.807, 2.05) is 12.1 Å². The number of carbonyl (C=O) groups excluding carboxylic acids is 2. The highest BCUT2D eigenvalue weighted by molar-refractivity contribution is 8.18. The number of benzene rings is 1. The van der Waals surface area contributed by atoms with Crippen molar-refractivity contribution in [1.82, 2.24) is 15.3 Å². The van der Waals surface area contributed by atoms with Crippen molar-refractivity contribution in [2.75, 3.05) is 13.7 Å². The lowest BCUT2D eigenvalue weighted by Gasteiger charge is -2.29. The lowest BCUT2D eigenvalue weighted by atomic mass is 9.84. The Morgan fingerprint density at radius 1 is 1.12 bits per heavy atom. The summed E-state index contributed by atoms with van der Waals surface area (Å²) in [7, 11) is 1.69. The van der Waals surface area contributed by atoms with Crippen LogP contribution < -0.4 is 10.1 Å². The van der Waals surface area contributed by atoms with E-state index in [0.29, 0.717) is 22.6 Å². The van der Waals surface area contributed by atoms with Crippen molar-refractivity contribution in [3.05, 3.63) is 58.5 Å². The van der Waals surface area contributed by atoms with Crippen LogP contribution in [0.4, 0.5) is 0 Å². The fourth-order valence-electron chi connectivity index (χ4n) is 4.31. The number of carbonyl (C=O) groups is 2. The topological polar surface area (TPSA) is 81.2 Å². The number of thioether (sulfide) groups is 1. The van der Waals surface area contributed by atoms with Crippen molar-refractivity contribution in [3.8, 4) is 5.75 Å². The average Bonchev–Trinajstić information content (AvgIpc) is 3.12. The highest BCUT2D eigenvalue weighted by atomic mass is 32.2. The van der Waals surface area contributed by atoms with E-state index in [0.717, 1.165) is 55.6 Å². The summed E-state index contributed by atoms with van der Waals surface area (Å²) in [4.78, 5) is 32.8. The molecule has 1 aliphatic heterocycles. The van der Waals surface area contributed by atoms with Gasteiger partial charge in [0.1, 0.15) is 11.6 Å². The Morgan fingerprint density at radius 2 is 1.91 bits per heavy atom. The summed E-state index contributed by atoms with van der Waals surface area (Å²) in [5.41, 5.74) is 2.02. The maximum atomic E-state index is 11.8. The summed E-state index contributed by atoms with van der Waals surface area (Å²) in [6.07, 6.45) is 10.00. The molecule has 7 heteroatoms. The molecule has 1 aromatic carbocycles. The Morgan fingerprint density at radius 3 is 2.59 bits per heavy atom. The summed E-state index contributed by atoms with van der Waals surface area (Å²) in [6.45, 7) is 0.987. The Bertz CT molecular complexity index is 982. The molecular weight excluding hydrogens is 422 g/mol. The number of nitrogens with zero attached hydrogens (tertiary/aromatic N) is 2. The molecule has 0 radical (unpaired) electrons. The van der Waals surface area contributed by atoms with E-state index in [1.54, 1.807) is 25.4 Å². The van der Waals surface area contributed by atoms with Gasteiger partial charge in [-0.15, -0.1) is 0 Å². The molecule has 168 valence electrons. The fraction of sp³-hybridized carbons (Fsp3) is 0.440. The third-order valence-electron chi connectivity index (χ3n) is 6.13. The molecule has 32 heavy (non-hydrogen) atoms. The molecule has 0 unspecified atom stereocenters. The van der Waals surface area contributed by atoms with Crippen LogP contribution in [0.15, 0.2) is 41.4 Å². The van der Waals surface area contributed by atoms with Gasteiger partial charge >= 0.3 is 0 Å². The quantitative estimate of drug-likeness (QED) is 0.480. The molecule has 2 aromatic rings. The number of nitrogens with one attached hydrogen (secondary N) is 1. The van der Waals surface area contributed by atoms with Crippen molar-refractivity contribution in [3.63, 3.8) is 0 Å². The SMILES string of the molecule is COc1ccc(CCNC2CCC(Cc3nccc(/C=C4\SC(=O)CC4=O)n3)CC2)cc1. The van der Waals surface area contributed by atoms with Crippen LogP contribution >= 0.6 is 11.8 Å². The minimum atomic E-state index is -0.113. The molecule has 6 nitrogen and oxygen atoms in total. The van der Waals surface area contributed by atoms with Crippen LogP contribution in [-0.4, -0.2) is 40.6 Å². The molecule has 0 atom stereocenters. The van der Waals surface area contributed by atoms with E-state index in [1.165, 1.54) is 18.4 Å². The predicted molar refractivity (Wildman–Crippen MR) is 126 cm³/mol. The maximum absolute atomic E-state index is 11.8. The van der Waals surface area contributed by atoms with Crippen LogP contribution in [0.25, 0.3) is 6.08 Å². The molecule has 1 saturated heterocycles. The van der Waals surface area contributed by atoms with Crippen molar-refractivity contribution < 1.29 is 14.3 Å². The highest BCUT2D eigenvalue weighted by Crippen LogP contribution is 2.30. The lowest BCUT2D eigenvalue weighted by molar-refractivity contribution is -0.119. The van der Waals surface area contributed by atoms with Gasteiger partial charge in [-0.05, 0) is 86.2 Å². The molecule has 4 rings (SSSR count). The normalized spacial score (nSPS) is 22.5. The Labute approximate surface area is 193 Å². The van der Waals surface area contributed by atoms with Gasteiger partial charge in [-0.1, -0.05) is 12.1 Å². The van der Waals surface area contributed by atoms with Gasteiger partial charge in [0, 0.05) is 18.7 Å². The summed E-state index contributed by atoms with van der Waals surface area (Å²) in [6, 6.07) is 10.6. The van der Waals surface area contributed by atoms with Gasteiger partial charge in [0.15, 0.2) is 5.78 Å². The molecule has 0 bridgehead atoms. The number of ether oxygens (including phenoxy) is 1. The summed E-state index contributed by atoms with van der Waals surface area (Å²) in [5.74, 6) is 2.18. The van der Waals surface area contributed by atoms with Gasteiger partial charge in [-0.25, -0.2) is 9.97 Å². The molecule has 1 aromatic heterocycles. The first-order valence-electron chi connectivity index (χ1n) is 11.2. The number of ketones is 1. The molecular formula is C25H29N3O3S. The van der Waals surface area contributed by atoms with E-state index in [9.17, 15) is 9.59 Å². The summed E-state index contributed by atoms with van der Waals surface area (Å²) < 4.78 is 5.21. The Kier molecular flexibility index (Phi) is 7.71. The number of hydrogen-bond acceptors (Lipinski definition) is 7. The molecule has 1 N–H and O–H groups in total. The van der Waals surface area contributed by atoms with Crippen LogP contribution in [0, 0.1) is 5.92 Å². The molecule has 0 spiro atoms. The number of hydrogen-bond donors (Lipinski definition) is 1. The van der Waals surface area contributed by atoms with E-state index in [2.05, 4.69) is 27.4 Å². The van der Waals surface area contributed by atoms with Gasteiger partial charge in [0.25, 0.3) is 0 Å². The standard InChI is InChI=1S/C25H29N3O3S/c1-31-21-8-4-17(5-9-21)10-12-26-19-6-2-18(3-7-19)14-24-27-13-11-20(28-24)15-23-22(29)16-25(30)32-23/h4-5,8-9,11,13,15,18-19,26H,2-3,6-7,10,12,14,16H2,1H3/b23-15-. The summed E-state index contributed by atoms with van der Waals surface area (Å²) >= 11 is 1.02. The minimum absolute atomic E-state index is 0.00812. The Hall–Kier alpha value is -2.51. The van der Waals surface area contributed by atoms with Crippen molar-refractivity contribution >= 4 is 28.7 Å². The number of aromatic nitrogens is 2. The molecule has 2 fully saturated rings. The predicted octanol–water partition coefficient (Wildman–Crippen LogP) is 3.99. The van der Waals surface area contributed by atoms with E-state index in [4.69, 9.17) is 4.74 Å². The van der Waals surface area contributed by atoms with E-state index < -0.39 is 0 Å². The zero-order valence-electron chi connectivity index (χ0n) is 18.4. The molecule has 0 amide bonds. The van der Waals surface area contributed by atoms with Gasteiger partial charge in [-0.3, -0.25) is 9.59 Å². The van der Waals surface area contributed by atoms with Crippen LogP contribution in [0.1, 0.15) is 49.2 Å². The average molecular weight is 452 g/mol. The molecule has 2 heterocycles. The van der Waals surface area contributed by atoms with Crippen molar-refractivity contribution in [2.24, 2.45) is 5.92 Å². The summed E-state index contributed by atoms with van der Waals surface area (Å²) in [5, 5.41) is 3.62. The first-order chi connectivity index (χ1) is 15.6. The van der Waals surface area contributed by atoms with Crippen molar-refractivity contribution in [1.29, 1.82) is 0 Å². The monoisotopic (exact) mass is 451 g/mol. The minimum Gasteiger partial charge on any atom is -0.497 e. The Balaban J connectivity index is 1.21. The molecule has 1 saturated carbocycles. The van der Waals surface area contributed by atoms with E-state index in [-0.39, 0.29) is 17.3 Å². The maximum Gasteiger partial charge on any atom is 0.201 e. The lowest BCUT2D eigenvalue weighted by Crippen LogP contribution is -2.35.